The Kier molecular flexibility index (Phi) is 5.13. The highest BCUT2D eigenvalue weighted by Crippen LogP contribution is 2.12. The average Bonchev–Trinajstić information content (AvgIpc) is 3.08. The zero-order valence-corrected chi connectivity index (χ0v) is 13.7. The number of halogens is 1. The standard InChI is InChI=1S/C18H17ClN4O/c19-16-4-1-3-15(11-16)12-20-18(24)22-17-7-5-14(6-8-17)13-23-10-2-9-21-23/h1-11H,12-13H2,(H2,20,22,24). The highest BCUT2D eigenvalue weighted by Gasteiger charge is 2.03. The van der Waals surface area contributed by atoms with Crippen molar-refractivity contribution in [1.29, 1.82) is 0 Å². The Labute approximate surface area is 145 Å². The first-order valence-electron chi connectivity index (χ1n) is 7.55. The number of anilines is 1. The van der Waals surface area contributed by atoms with Gasteiger partial charge in [-0.25, -0.2) is 4.79 Å². The molecule has 2 amide bonds. The molecule has 0 saturated heterocycles. The van der Waals surface area contributed by atoms with Crippen molar-refractivity contribution in [1.82, 2.24) is 15.1 Å². The third-order valence-corrected chi connectivity index (χ3v) is 3.69. The van der Waals surface area contributed by atoms with Crippen molar-refractivity contribution in [2.75, 3.05) is 5.32 Å². The van der Waals surface area contributed by atoms with Crippen molar-refractivity contribution in [3.63, 3.8) is 0 Å². The number of nitrogens with zero attached hydrogens (tertiary/aromatic N) is 2. The summed E-state index contributed by atoms with van der Waals surface area (Å²) in [4.78, 5) is 11.9. The van der Waals surface area contributed by atoms with Crippen LogP contribution in [0, 0.1) is 0 Å². The second kappa shape index (κ2) is 7.66. The molecule has 6 heteroatoms. The van der Waals surface area contributed by atoms with Gasteiger partial charge in [0, 0.05) is 29.6 Å². The van der Waals surface area contributed by atoms with E-state index in [2.05, 4.69) is 15.7 Å². The lowest BCUT2D eigenvalue weighted by molar-refractivity contribution is 0.251. The van der Waals surface area contributed by atoms with Crippen LogP contribution in [0.3, 0.4) is 0 Å². The molecule has 0 atom stereocenters. The number of carbonyl (C=O) groups excluding carboxylic acids is 1. The predicted molar refractivity (Wildman–Crippen MR) is 95.1 cm³/mol. The minimum atomic E-state index is -0.255. The van der Waals surface area contributed by atoms with Gasteiger partial charge in [0.2, 0.25) is 0 Å². The van der Waals surface area contributed by atoms with Crippen LogP contribution in [-0.2, 0) is 13.1 Å². The Morgan fingerprint density at radius 2 is 1.92 bits per heavy atom. The van der Waals surface area contributed by atoms with E-state index in [0.717, 1.165) is 16.8 Å². The van der Waals surface area contributed by atoms with Crippen LogP contribution in [0.1, 0.15) is 11.1 Å². The summed E-state index contributed by atoms with van der Waals surface area (Å²) in [6.45, 7) is 1.12. The van der Waals surface area contributed by atoms with Crippen molar-refractivity contribution in [2.45, 2.75) is 13.1 Å². The molecule has 1 aromatic heterocycles. The summed E-state index contributed by atoms with van der Waals surface area (Å²) in [6.07, 6.45) is 3.66. The fourth-order valence-electron chi connectivity index (χ4n) is 2.28. The van der Waals surface area contributed by atoms with Gasteiger partial charge in [-0.2, -0.15) is 5.10 Å². The maximum Gasteiger partial charge on any atom is 0.319 e. The molecule has 0 bridgehead atoms. The second-order valence-corrected chi connectivity index (χ2v) is 5.77. The van der Waals surface area contributed by atoms with E-state index < -0.39 is 0 Å². The summed E-state index contributed by atoms with van der Waals surface area (Å²) >= 11 is 5.92. The van der Waals surface area contributed by atoms with Crippen molar-refractivity contribution in [2.24, 2.45) is 0 Å². The van der Waals surface area contributed by atoms with Gasteiger partial charge in [0.1, 0.15) is 0 Å². The van der Waals surface area contributed by atoms with Crippen molar-refractivity contribution in [3.8, 4) is 0 Å². The highest BCUT2D eigenvalue weighted by atomic mass is 35.5. The average molecular weight is 341 g/mol. The quantitative estimate of drug-likeness (QED) is 0.740. The maximum atomic E-state index is 11.9. The van der Waals surface area contributed by atoms with Gasteiger partial charge >= 0.3 is 6.03 Å². The van der Waals surface area contributed by atoms with Crippen LogP contribution in [0.2, 0.25) is 5.02 Å². The molecule has 2 aromatic carbocycles. The zero-order valence-electron chi connectivity index (χ0n) is 12.9. The van der Waals surface area contributed by atoms with Crippen LogP contribution in [0.5, 0.6) is 0 Å². The minimum absolute atomic E-state index is 0.255. The van der Waals surface area contributed by atoms with Crippen molar-refractivity contribution in [3.05, 3.63) is 83.1 Å². The van der Waals surface area contributed by atoms with E-state index in [1.54, 1.807) is 12.3 Å². The van der Waals surface area contributed by atoms with Gasteiger partial charge in [-0.3, -0.25) is 4.68 Å². The smallest absolute Gasteiger partial charge is 0.319 e. The SMILES string of the molecule is O=C(NCc1cccc(Cl)c1)Nc1ccc(Cn2cccn2)cc1. The number of rotatable bonds is 5. The minimum Gasteiger partial charge on any atom is -0.334 e. The Morgan fingerprint density at radius 1 is 1.08 bits per heavy atom. The largest absolute Gasteiger partial charge is 0.334 e. The lowest BCUT2D eigenvalue weighted by Crippen LogP contribution is -2.28. The molecule has 24 heavy (non-hydrogen) atoms. The van der Waals surface area contributed by atoms with Crippen LogP contribution >= 0.6 is 11.6 Å². The van der Waals surface area contributed by atoms with Crippen molar-refractivity contribution < 1.29 is 4.79 Å². The molecule has 1 heterocycles. The molecule has 0 aliphatic heterocycles. The summed E-state index contributed by atoms with van der Waals surface area (Å²) in [6, 6.07) is 16.7. The van der Waals surface area contributed by atoms with Gasteiger partial charge in [0.25, 0.3) is 0 Å². The fraction of sp³-hybridized carbons (Fsp3) is 0.111. The third kappa shape index (κ3) is 4.60. The van der Waals surface area contributed by atoms with Gasteiger partial charge in [0.05, 0.1) is 6.54 Å². The predicted octanol–water partition coefficient (Wildman–Crippen LogP) is 3.91. The molecule has 0 aliphatic rings. The zero-order chi connectivity index (χ0) is 16.8. The molecule has 122 valence electrons. The molecule has 2 N–H and O–H groups in total. The third-order valence-electron chi connectivity index (χ3n) is 3.46. The maximum absolute atomic E-state index is 11.9. The van der Waals surface area contributed by atoms with Gasteiger partial charge < -0.3 is 10.6 Å². The first kappa shape index (κ1) is 16.1. The lowest BCUT2D eigenvalue weighted by atomic mass is 10.2. The summed E-state index contributed by atoms with van der Waals surface area (Å²) in [5.74, 6) is 0. The normalized spacial score (nSPS) is 10.4. The molecule has 0 saturated carbocycles. The monoisotopic (exact) mass is 340 g/mol. The molecule has 3 rings (SSSR count). The first-order valence-corrected chi connectivity index (χ1v) is 7.92. The van der Waals surface area contributed by atoms with E-state index in [1.807, 2.05) is 59.4 Å². The Bertz CT molecular complexity index is 800. The first-order chi connectivity index (χ1) is 11.7. The van der Waals surface area contributed by atoms with E-state index in [0.29, 0.717) is 18.1 Å². The molecule has 0 unspecified atom stereocenters. The number of urea groups is 1. The second-order valence-electron chi connectivity index (χ2n) is 5.34. The van der Waals surface area contributed by atoms with Gasteiger partial charge in [-0.15, -0.1) is 0 Å². The molecule has 0 fully saturated rings. The summed E-state index contributed by atoms with van der Waals surface area (Å²) in [5, 5.41) is 10.4. The van der Waals surface area contributed by atoms with Crippen molar-refractivity contribution >= 4 is 23.3 Å². The van der Waals surface area contributed by atoms with Gasteiger partial charge in [-0.05, 0) is 41.5 Å². The summed E-state index contributed by atoms with van der Waals surface area (Å²) in [7, 11) is 0. The van der Waals surface area contributed by atoms with Crippen LogP contribution in [0.4, 0.5) is 10.5 Å². The van der Waals surface area contributed by atoms with Crippen LogP contribution in [-0.4, -0.2) is 15.8 Å². The van der Waals surface area contributed by atoms with Gasteiger partial charge in [-0.1, -0.05) is 35.9 Å². The molecular weight excluding hydrogens is 324 g/mol. The van der Waals surface area contributed by atoms with Crippen LogP contribution < -0.4 is 10.6 Å². The number of carbonyl (C=O) groups is 1. The number of hydrogen-bond acceptors (Lipinski definition) is 2. The summed E-state index contributed by atoms with van der Waals surface area (Å²) < 4.78 is 1.85. The fourth-order valence-corrected chi connectivity index (χ4v) is 2.49. The van der Waals surface area contributed by atoms with Crippen LogP contribution in [0.25, 0.3) is 0 Å². The van der Waals surface area contributed by atoms with E-state index in [1.165, 1.54) is 0 Å². The highest BCUT2D eigenvalue weighted by molar-refractivity contribution is 6.30. The number of aromatic nitrogens is 2. The molecule has 0 spiro atoms. The number of benzene rings is 2. The van der Waals surface area contributed by atoms with E-state index in [4.69, 9.17) is 11.6 Å². The Balaban J connectivity index is 1.51. The van der Waals surface area contributed by atoms with Gasteiger partial charge in [0.15, 0.2) is 0 Å². The number of hydrogen-bond donors (Lipinski definition) is 2. The number of amides is 2. The van der Waals surface area contributed by atoms with Crippen LogP contribution in [0.15, 0.2) is 67.0 Å². The molecule has 3 aromatic rings. The van der Waals surface area contributed by atoms with E-state index in [-0.39, 0.29) is 6.03 Å². The topological polar surface area (TPSA) is 59.0 Å². The molecular formula is C18H17ClN4O. The van der Waals surface area contributed by atoms with E-state index in [9.17, 15) is 4.79 Å². The molecule has 0 aliphatic carbocycles. The Hall–Kier alpha value is -2.79. The molecule has 0 radical (unpaired) electrons. The number of nitrogens with one attached hydrogen (secondary N) is 2. The molecule has 5 nitrogen and oxygen atoms in total. The van der Waals surface area contributed by atoms with E-state index >= 15 is 0 Å². The Morgan fingerprint density at radius 3 is 2.62 bits per heavy atom. The lowest BCUT2D eigenvalue weighted by Gasteiger charge is -2.09. The summed E-state index contributed by atoms with van der Waals surface area (Å²) in [5.41, 5.74) is 2.80.